The Morgan fingerprint density at radius 1 is 1.08 bits per heavy atom. The molecule has 4 N–H and O–H groups in total. The summed E-state index contributed by atoms with van der Waals surface area (Å²) in [6.07, 6.45) is 0.481. The van der Waals surface area contributed by atoms with Crippen LogP contribution >= 0.6 is 0 Å². The second-order valence-electron chi connectivity index (χ2n) is 8.58. The van der Waals surface area contributed by atoms with Gasteiger partial charge in [0.15, 0.2) is 17.3 Å². The van der Waals surface area contributed by atoms with E-state index in [-0.39, 0.29) is 28.4 Å². The van der Waals surface area contributed by atoms with E-state index in [9.17, 15) is 25.2 Å². The summed E-state index contributed by atoms with van der Waals surface area (Å²) in [7, 11) is 0. The van der Waals surface area contributed by atoms with Gasteiger partial charge in [0.05, 0.1) is 11.1 Å². The number of ketones is 1. The molecule has 0 aromatic heterocycles. The number of phenolic OH excluding ortho intramolecular Hbond substituents is 2. The molecule has 3 aliphatic rings. The van der Waals surface area contributed by atoms with Crippen molar-refractivity contribution in [1.82, 2.24) is 0 Å². The zero-order valence-corrected chi connectivity index (χ0v) is 15.4. The van der Waals surface area contributed by atoms with Gasteiger partial charge in [-0.2, -0.15) is 0 Å². The summed E-state index contributed by atoms with van der Waals surface area (Å²) in [6.45, 7) is 7.45. The highest BCUT2D eigenvalue weighted by molar-refractivity contribution is 6.13. The second kappa shape index (κ2) is 4.94. The molecule has 1 fully saturated rings. The van der Waals surface area contributed by atoms with Gasteiger partial charge in [-0.1, -0.05) is 27.2 Å². The SMILES string of the molecule is C[C@@H]1Oc2c(O)c3c(c(O)c2[C@H]1O)C(=O)C(O)=C1C(C)(C)CCC[C@@]13C. The van der Waals surface area contributed by atoms with E-state index in [1.165, 1.54) is 0 Å². The summed E-state index contributed by atoms with van der Waals surface area (Å²) < 4.78 is 5.59. The standard InChI is InChI=1S/C20H24O6/c1-8-12(21)10-13(22)9-11(15(24)17(10)26-8)20(4)7-5-6-19(2,3)18(20)16(25)14(9)23/h8,12,21-22,24-25H,5-7H2,1-4H3/t8-,12-,20+/m0/s1. The van der Waals surface area contributed by atoms with Crippen LogP contribution in [-0.2, 0) is 5.41 Å². The molecule has 0 saturated heterocycles. The zero-order valence-electron chi connectivity index (χ0n) is 15.4. The normalized spacial score (nSPS) is 32.0. The number of carbonyl (C=O) groups excluding carboxylic acids is 1. The molecule has 6 heteroatoms. The van der Waals surface area contributed by atoms with Crippen LogP contribution in [0.3, 0.4) is 0 Å². The quantitative estimate of drug-likeness (QED) is 0.528. The molecule has 1 aromatic carbocycles. The van der Waals surface area contributed by atoms with E-state index in [1.54, 1.807) is 6.92 Å². The number of phenols is 2. The Morgan fingerprint density at radius 2 is 1.73 bits per heavy atom. The predicted octanol–water partition coefficient (Wildman–Crippen LogP) is 3.39. The molecule has 1 heterocycles. The summed E-state index contributed by atoms with van der Waals surface area (Å²) in [5.74, 6) is -1.69. The van der Waals surface area contributed by atoms with Crippen LogP contribution in [0, 0.1) is 5.41 Å². The van der Waals surface area contributed by atoms with E-state index in [1.807, 2.05) is 20.8 Å². The predicted molar refractivity (Wildman–Crippen MR) is 93.8 cm³/mol. The number of aliphatic hydroxyl groups excluding tert-OH is 2. The number of fused-ring (bicyclic) bond motifs is 4. The fraction of sp³-hybridized carbons (Fsp3) is 0.550. The maximum absolute atomic E-state index is 13.0. The molecule has 0 amide bonds. The highest BCUT2D eigenvalue weighted by Gasteiger charge is 2.54. The summed E-state index contributed by atoms with van der Waals surface area (Å²) in [6, 6.07) is 0. The monoisotopic (exact) mass is 360 g/mol. The van der Waals surface area contributed by atoms with E-state index in [4.69, 9.17) is 4.74 Å². The Bertz CT molecular complexity index is 881. The minimum absolute atomic E-state index is 0.0111. The van der Waals surface area contributed by atoms with E-state index < -0.39 is 34.6 Å². The van der Waals surface area contributed by atoms with Gasteiger partial charge in [-0.05, 0) is 30.8 Å². The first kappa shape index (κ1) is 17.2. The molecule has 0 radical (unpaired) electrons. The van der Waals surface area contributed by atoms with Crippen LogP contribution in [0.4, 0.5) is 0 Å². The van der Waals surface area contributed by atoms with Crippen molar-refractivity contribution in [3.8, 4) is 17.2 Å². The molecule has 4 rings (SSSR count). The van der Waals surface area contributed by atoms with Crippen molar-refractivity contribution in [2.45, 2.75) is 64.6 Å². The molecule has 0 bridgehead atoms. The Balaban J connectivity index is 2.11. The van der Waals surface area contributed by atoms with Gasteiger partial charge in [0, 0.05) is 11.0 Å². The molecular formula is C20H24O6. The van der Waals surface area contributed by atoms with Gasteiger partial charge in [-0.15, -0.1) is 0 Å². The topological polar surface area (TPSA) is 107 Å². The molecule has 26 heavy (non-hydrogen) atoms. The summed E-state index contributed by atoms with van der Waals surface area (Å²) in [5.41, 5.74) is -0.447. The van der Waals surface area contributed by atoms with Crippen molar-refractivity contribution in [1.29, 1.82) is 0 Å². The lowest BCUT2D eigenvalue weighted by atomic mass is 9.54. The Kier molecular flexibility index (Phi) is 3.27. The first-order chi connectivity index (χ1) is 12.0. The minimum Gasteiger partial charge on any atom is -0.507 e. The Morgan fingerprint density at radius 3 is 2.38 bits per heavy atom. The fourth-order valence-electron chi connectivity index (χ4n) is 5.30. The lowest BCUT2D eigenvalue weighted by molar-refractivity contribution is 0.0776. The van der Waals surface area contributed by atoms with Crippen LogP contribution in [0.1, 0.15) is 74.5 Å². The molecule has 6 nitrogen and oxygen atoms in total. The average molecular weight is 360 g/mol. The van der Waals surface area contributed by atoms with Crippen LogP contribution in [0.2, 0.25) is 0 Å². The molecule has 0 spiro atoms. The van der Waals surface area contributed by atoms with Crippen LogP contribution in [0.15, 0.2) is 11.3 Å². The van der Waals surface area contributed by atoms with Gasteiger partial charge >= 0.3 is 0 Å². The molecule has 3 atom stereocenters. The van der Waals surface area contributed by atoms with Gasteiger partial charge in [0.25, 0.3) is 0 Å². The maximum Gasteiger partial charge on any atom is 0.231 e. The lowest BCUT2D eigenvalue weighted by Crippen LogP contribution is -2.43. The first-order valence-corrected chi connectivity index (χ1v) is 8.98. The first-order valence-electron chi connectivity index (χ1n) is 8.98. The number of benzene rings is 1. The van der Waals surface area contributed by atoms with Crippen molar-refractivity contribution in [2.24, 2.45) is 5.41 Å². The van der Waals surface area contributed by atoms with Crippen molar-refractivity contribution < 1.29 is 30.0 Å². The van der Waals surface area contributed by atoms with Crippen molar-refractivity contribution in [3.63, 3.8) is 0 Å². The number of carbonyl (C=O) groups is 1. The number of hydrogen-bond donors (Lipinski definition) is 4. The number of hydrogen-bond acceptors (Lipinski definition) is 6. The lowest BCUT2D eigenvalue weighted by Gasteiger charge is -2.49. The molecule has 1 aromatic rings. The second-order valence-corrected chi connectivity index (χ2v) is 8.58. The van der Waals surface area contributed by atoms with Gasteiger partial charge < -0.3 is 25.2 Å². The third-order valence-electron chi connectivity index (χ3n) is 6.42. The molecule has 1 aliphatic heterocycles. The number of rotatable bonds is 0. The van der Waals surface area contributed by atoms with Crippen LogP contribution in [0.5, 0.6) is 17.2 Å². The molecule has 0 unspecified atom stereocenters. The third-order valence-corrected chi connectivity index (χ3v) is 6.42. The molecule has 140 valence electrons. The van der Waals surface area contributed by atoms with Gasteiger partial charge in [-0.3, -0.25) is 4.79 Å². The number of Topliss-reactive ketones (excluding diaryl/α,β-unsaturated/α-hetero) is 1. The maximum atomic E-state index is 13.0. The number of ether oxygens (including phenoxy) is 1. The van der Waals surface area contributed by atoms with Crippen LogP contribution in [0.25, 0.3) is 0 Å². The Hall–Kier alpha value is -2.21. The van der Waals surface area contributed by atoms with Gasteiger partial charge in [0.2, 0.25) is 5.78 Å². The van der Waals surface area contributed by atoms with Crippen molar-refractivity contribution in [3.05, 3.63) is 28.0 Å². The third kappa shape index (κ3) is 1.83. The zero-order chi connectivity index (χ0) is 19.2. The van der Waals surface area contributed by atoms with Crippen LogP contribution < -0.4 is 4.74 Å². The van der Waals surface area contributed by atoms with E-state index >= 15 is 0 Å². The number of allylic oxidation sites excluding steroid dienone is 2. The Labute approximate surface area is 151 Å². The summed E-state index contributed by atoms with van der Waals surface area (Å²) >= 11 is 0. The fourth-order valence-corrected chi connectivity index (χ4v) is 5.30. The molecule has 1 saturated carbocycles. The smallest absolute Gasteiger partial charge is 0.231 e. The molecule has 2 aliphatic carbocycles. The summed E-state index contributed by atoms with van der Waals surface area (Å²) in [4.78, 5) is 13.0. The summed E-state index contributed by atoms with van der Waals surface area (Å²) in [5, 5.41) is 42.8. The van der Waals surface area contributed by atoms with Crippen molar-refractivity contribution in [2.75, 3.05) is 0 Å². The van der Waals surface area contributed by atoms with Crippen molar-refractivity contribution >= 4 is 5.78 Å². The highest BCUT2D eigenvalue weighted by atomic mass is 16.5. The van der Waals surface area contributed by atoms with E-state index in [0.717, 1.165) is 12.8 Å². The average Bonchev–Trinajstić information content (AvgIpc) is 2.83. The van der Waals surface area contributed by atoms with Gasteiger partial charge in [0.1, 0.15) is 18.0 Å². The highest BCUT2D eigenvalue weighted by Crippen LogP contribution is 2.62. The number of aliphatic hydroxyl groups is 2. The molecular weight excluding hydrogens is 336 g/mol. The minimum atomic E-state index is -1.16. The van der Waals surface area contributed by atoms with Crippen LogP contribution in [-0.4, -0.2) is 32.3 Å². The number of aromatic hydroxyl groups is 2. The van der Waals surface area contributed by atoms with E-state index in [0.29, 0.717) is 17.6 Å². The van der Waals surface area contributed by atoms with E-state index in [2.05, 4.69) is 0 Å². The van der Waals surface area contributed by atoms with Gasteiger partial charge in [-0.25, -0.2) is 0 Å². The largest absolute Gasteiger partial charge is 0.507 e.